The van der Waals surface area contributed by atoms with Gasteiger partial charge in [-0.2, -0.15) is 0 Å². The van der Waals surface area contributed by atoms with Crippen LogP contribution in [0.25, 0.3) is 0 Å². The minimum absolute atomic E-state index is 0.108. The summed E-state index contributed by atoms with van der Waals surface area (Å²) >= 11 is 0. The molecule has 0 bridgehead atoms. The fraction of sp³-hybridized carbons (Fsp3) is 0.949. The van der Waals surface area contributed by atoms with Crippen LogP contribution in [0.3, 0.4) is 0 Å². The van der Waals surface area contributed by atoms with E-state index < -0.39 is 97.5 Å². The first kappa shape index (κ1) is 96.1. The van der Waals surface area contributed by atoms with Crippen molar-refractivity contribution in [3.63, 3.8) is 0 Å². The highest BCUT2D eigenvalue weighted by Gasteiger charge is 2.30. The van der Waals surface area contributed by atoms with Crippen molar-refractivity contribution in [2.24, 2.45) is 5.92 Å². The van der Waals surface area contributed by atoms with Gasteiger partial charge >= 0.3 is 39.5 Å². The molecule has 0 aliphatic carbocycles. The molecule has 0 aliphatic heterocycles. The lowest BCUT2D eigenvalue weighted by Gasteiger charge is -2.21. The number of esters is 4. The maximum atomic E-state index is 13.1. The van der Waals surface area contributed by atoms with Crippen molar-refractivity contribution in [2.45, 2.75) is 438 Å². The van der Waals surface area contributed by atoms with E-state index in [0.29, 0.717) is 25.7 Å². The maximum Gasteiger partial charge on any atom is 0.472 e. The molecule has 0 aromatic rings. The van der Waals surface area contributed by atoms with Crippen molar-refractivity contribution in [3.8, 4) is 0 Å². The number of carbonyl (C=O) groups excluding carboxylic acids is 4. The zero-order valence-electron chi connectivity index (χ0n) is 63.9. The van der Waals surface area contributed by atoms with E-state index >= 15 is 0 Å². The second-order valence-electron chi connectivity index (χ2n) is 28.7. The van der Waals surface area contributed by atoms with E-state index in [9.17, 15) is 43.2 Å². The molecule has 0 aromatic carbocycles. The molecule has 0 amide bonds. The summed E-state index contributed by atoms with van der Waals surface area (Å²) in [5.74, 6) is -1.24. The van der Waals surface area contributed by atoms with Gasteiger partial charge in [0.2, 0.25) is 0 Å². The molecule has 98 heavy (non-hydrogen) atoms. The second-order valence-corrected chi connectivity index (χ2v) is 31.6. The van der Waals surface area contributed by atoms with E-state index in [2.05, 4.69) is 34.6 Å². The third-order valence-electron chi connectivity index (χ3n) is 18.9. The van der Waals surface area contributed by atoms with Crippen LogP contribution in [-0.2, 0) is 65.4 Å². The number of aliphatic hydroxyl groups is 1. The second kappa shape index (κ2) is 72.0. The number of phosphoric acid groups is 2. The van der Waals surface area contributed by atoms with Crippen LogP contribution in [-0.4, -0.2) is 96.7 Å². The molecular weight excluding hydrogens is 1280 g/mol. The van der Waals surface area contributed by atoms with Crippen LogP contribution in [0.5, 0.6) is 0 Å². The molecule has 0 saturated heterocycles. The monoisotopic (exact) mass is 1440 g/mol. The first-order valence-electron chi connectivity index (χ1n) is 41.2. The van der Waals surface area contributed by atoms with Gasteiger partial charge < -0.3 is 33.8 Å². The smallest absolute Gasteiger partial charge is 0.462 e. The SMILES string of the molecule is CCCCCCCCCCCCCCCC(=O)OC[C@H](COP(=O)(O)OC[C@@H](O)COP(=O)(O)OC[C@@H](COC(=O)CCCCCCCCCCCCC)OC(=O)CCCCCCCCCCCCCC)OC(=O)CCCCCCCCCCCCCCCCCCCCC(C)CC. The molecule has 3 N–H and O–H groups in total. The Bertz CT molecular complexity index is 1880. The fourth-order valence-corrected chi connectivity index (χ4v) is 13.8. The Morgan fingerprint density at radius 2 is 0.490 bits per heavy atom. The van der Waals surface area contributed by atoms with Crippen LogP contribution < -0.4 is 0 Å². The summed E-state index contributed by atoms with van der Waals surface area (Å²) in [7, 11) is -9.91. The van der Waals surface area contributed by atoms with Gasteiger partial charge in [0, 0.05) is 25.7 Å². The zero-order valence-corrected chi connectivity index (χ0v) is 65.7. The number of aliphatic hydroxyl groups excluding tert-OH is 1. The molecule has 17 nitrogen and oxygen atoms in total. The molecule has 0 radical (unpaired) electrons. The highest BCUT2D eigenvalue weighted by atomic mass is 31.2. The highest BCUT2D eigenvalue weighted by Crippen LogP contribution is 2.45. The summed E-state index contributed by atoms with van der Waals surface area (Å²) in [5.41, 5.74) is 0. The maximum absolute atomic E-state index is 13.1. The van der Waals surface area contributed by atoms with Gasteiger partial charge in [-0.1, -0.05) is 369 Å². The molecule has 0 aliphatic rings. The zero-order chi connectivity index (χ0) is 71.9. The number of unbranched alkanes of at least 4 members (excludes halogenated alkanes) is 50. The van der Waals surface area contributed by atoms with Gasteiger partial charge in [-0.15, -0.1) is 0 Å². The third kappa shape index (κ3) is 71.1. The summed E-state index contributed by atoms with van der Waals surface area (Å²) < 4.78 is 68.6. The molecule has 0 rings (SSSR count). The van der Waals surface area contributed by atoms with Crippen LogP contribution in [0, 0.1) is 5.92 Å². The van der Waals surface area contributed by atoms with Crippen molar-refractivity contribution in [2.75, 3.05) is 39.6 Å². The lowest BCUT2D eigenvalue weighted by molar-refractivity contribution is -0.161. The van der Waals surface area contributed by atoms with Crippen molar-refractivity contribution < 1.29 is 80.2 Å². The minimum atomic E-state index is -4.96. The van der Waals surface area contributed by atoms with Crippen LogP contribution >= 0.6 is 15.6 Å². The highest BCUT2D eigenvalue weighted by molar-refractivity contribution is 7.47. The number of ether oxygens (including phenoxy) is 4. The van der Waals surface area contributed by atoms with Gasteiger partial charge in [-0.3, -0.25) is 37.3 Å². The van der Waals surface area contributed by atoms with E-state index in [-0.39, 0.29) is 25.7 Å². The molecule has 3 unspecified atom stereocenters. The Kier molecular flexibility index (Phi) is 70.6. The first-order valence-corrected chi connectivity index (χ1v) is 44.2. The molecule has 0 aromatic heterocycles. The van der Waals surface area contributed by atoms with Gasteiger partial charge in [0.25, 0.3) is 0 Å². The summed E-state index contributed by atoms with van der Waals surface area (Å²) in [6.07, 6.45) is 62.3. The fourth-order valence-electron chi connectivity index (χ4n) is 12.2. The Morgan fingerprint density at radius 3 is 0.724 bits per heavy atom. The molecular formula is C79H154O17P2. The summed E-state index contributed by atoms with van der Waals surface area (Å²) in [6, 6.07) is 0. The van der Waals surface area contributed by atoms with Crippen LogP contribution in [0.15, 0.2) is 0 Å². The lowest BCUT2D eigenvalue weighted by atomic mass is 9.99. The van der Waals surface area contributed by atoms with Crippen LogP contribution in [0.1, 0.15) is 420 Å². The van der Waals surface area contributed by atoms with Crippen molar-refractivity contribution in [1.82, 2.24) is 0 Å². The third-order valence-corrected chi connectivity index (χ3v) is 20.8. The predicted molar refractivity (Wildman–Crippen MR) is 400 cm³/mol. The molecule has 0 fully saturated rings. The standard InChI is InChI=1S/C79H154O17P2/c1-6-10-13-16-19-22-25-33-39-43-48-53-58-63-77(82)90-69-75(96-79(84)65-60-55-50-45-40-35-32-30-28-27-29-31-34-37-41-46-51-56-61-72(5)9-4)71-94-98(87,88)92-67-73(80)66-91-97(85,86)93-70-74(68-89-76(81)62-57-52-47-42-36-24-21-18-15-12-8-3)95-78(83)64-59-54-49-44-38-26-23-20-17-14-11-7-2/h72-75,80H,6-71H2,1-5H3,(H,85,86)(H,87,88)/t72?,73-,74+,75+/m0/s1. The van der Waals surface area contributed by atoms with Gasteiger partial charge in [0.15, 0.2) is 12.2 Å². The van der Waals surface area contributed by atoms with Crippen LogP contribution in [0.4, 0.5) is 0 Å². The average Bonchev–Trinajstić information content (AvgIpc) is 1.20. The average molecular weight is 1440 g/mol. The molecule has 0 saturated carbocycles. The van der Waals surface area contributed by atoms with Crippen molar-refractivity contribution >= 4 is 39.5 Å². The molecule has 6 atom stereocenters. The molecule has 19 heteroatoms. The number of hydrogen-bond donors (Lipinski definition) is 3. The van der Waals surface area contributed by atoms with Crippen LogP contribution in [0.2, 0.25) is 0 Å². The number of rotatable bonds is 79. The Balaban J connectivity index is 5.19. The quantitative estimate of drug-likeness (QED) is 0.0222. The van der Waals surface area contributed by atoms with Crippen molar-refractivity contribution in [1.29, 1.82) is 0 Å². The van der Waals surface area contributed by atoms with E-state index in [1.807, 2.05) is 0 Å². The van der Waals surface area contributed by atoms with Gasteiger partial charge in [-0.25, -0.2) is 9.13 Å². The predicted octanol–water partition coefficient (Wildman–Crippen LogP) is 23.6. The largest absolute Gasteiger partial charge is 0.472 e. The van der Waals surface area contributed by atoms with Gasteiger partial charge in [0.1, 0.15) is 19.3 Å². The summed E-state index contributed by atoms with van der Waals surface area (Å²) in [4.78, 5) is 72.9. The Morgan fingerprint density at radius 1 is 0.286 bits per heavy atom. The molecule has 582 valence electrons. The van der Waals surface area contributed by atoms with Crippen molar-refractivity contribution in [3.05, 3.63) is 0 Å². The van der Waals surface area contributed by atoms with Gasteiger partial charge in [-0.05, 0) is 31.6 Å². The molecule has 0 heterocycles. The number of carbonyl (C=O) groups is 4. The Labute approximate surface area is 600 Å². The van der Waals surface area contributed by atoms with Gasteiger partial charge in [0.05, 0.1) is 26.4 Å². The summed E-state index contributed by atoms with van der Waals surface area (Å²) in [6.45, 7) is 7.38. The minimum Gasteiger partial charge on any atom is -0.462 e. The Hall–Kier alpha value is -1.94. The van der Waals surface area contributed by atoms with E-state index in [1.165, 1.54) is 244 Å². The normalized spacial score (nSPS) is 14.2. The van der Waals surface area contributed by atoms with E-state index in [0.717, 1.165) is 95.8 Å². The number of phosphoric ester groups is 2. The van der Waals surface area contributed by atoms with E-state index in [4.69, 9.17) is 37.0 Å². The topological polar surface area (TPSA) is 237 Å². The molecule has 0 spiro atoms. The van der Waals surface area contributed by atoms with E-state index in [1.54, 1.807) is 0 Å². The lowest BCUT2D eigenvalue weighted by Crippen LogP contribution is -2.30. The summed E-state index contributed by atoms with van der Waals surface area (Å²) in [5, 5.41) is 10.6. The number of hydrogen-bond acceptors (Lipinski definition) is 15. The first-order chi connectivity index (χ1) is 47.6.